The molecule has 2 heterocycles. The molecule has 1 N–H and O–H groups in total. The Labute approximate surface area is 226 Å². The first-order valence-electron chi connectivity index (χ1n) is 13.5. The van der Waals surface area contributed by atoms with Crippen LogP contribution in [-0.4, -0.2) is 57.2 Å². The zero-order chi connectivity index (χ0) is 26.6. The van der Waals surface area contributed by atoms with Gasteiger partial charge < -0.3 is 14.6 Å². The van der Waals surface area contributed by atoms with Crippen molar-refractivity contribution in [1.29, 1.82) is 0 Å². The highest BCUT2D eigenvalue weighted by Gasteiger charge is 2.38. The van der Waals surface area contributed by atoms with E-state index in [1.807, 2.05) is 67.3 Å². The van der Waals surface area contributed by atoms with Gasteiger partial charge >= 0.3 is 0 Å². The minimum absolute atomic E-state index is 0.0225. The highest BCUT2D eigenvalue weighted by atomic mass is 16.3. The van der Waals surface area contributed by atoms with Crippen molar-refractivity contribution in [3.05, 3.63) is 114 Å². The highest BCUT2D eigenvalue weighted by Crippen LogP contribution is 2.33. The minimum atomic E-state index is -0.616. The topological polar surface area (TPSA) is 48.7 Å². The lowest BCUT2D eigenvalue weighted by Gasteiger charge is -2.44. The summed E-state index contributed by atoms with van der Waals surface area (Å²) in [6.07, 6.45) is -0.616. The number of para-hydroxylation sites is 1. The number of aliphatic hydroxyl groups excluding tert-OH is 1. The number of carbonyl (C=O) groups is 1. The minimum Gasteiger partial charge on any atom is -0.391 e. The van der Waals surface area contributed by atoms with Crippen molar-refractivity contribution in [2.24, 2.45) is 5.92 Å². The molecule has 5 nitrogen and oxygen atoms in total. The number of piperazine rings is 1. The molecular weight excluding hydrogens is 470 g/mol. The molecule has 0 radical (unpaired) electrons. The third-order valence-electron chi connectivity index (χ3n) is 7.57. The van der Waals surface area contributed by atoms with Crippen molar-refractivity contribution in [2.75, 3.05) is 19.6 Å². The molecule has 5 heteroatoms. The van der Waals surface area contributed by atoms with E-state index < -0.39 is 6.10 Å². The fraction of sp³-hybridized carbons (Fsp3) is 0.303. The third-order valence-corrected chi connectivity index (χ3v) is 7.57. The summed E-state index contributed by atoms with van der Waals surface area (Å²) in [6, 6.07) is 32.4. The second kappa shape index (κ2) is 11.4. The predicted octanol–water partition coefficient (Wildman–Crippen LogP) is 5.80. The van der Waals surface area contributed by atoms with Crippen molar-refractivity contribution < 1.29 is 9.90 Å². The van der Waals surface area contributed by atoms with Gasteiger partial charge in [-0.25, -0.2) is 0 Å². The van der Waals surface area contributed by atoms with Crippen molar-refractivity contribution in [2.45, 2.75) is 39.5 Å². The summed E-state index contributed by atoms with van der Waals surface area (Å²) in [4.78, 5) is 18.7. The van der Waals surface area contributed by atoms with Gasteiger partial charge in [-0.2, -0.15) is 0 Å². The molecule has 4 aromatic rings. The van der Waals surface area contributed by atoms with E-state index in [0.717, 1.165) is 35.7 Å². The van der Waals surface area contributed by atoms with Crippen LogP contribution in [0.1, 0.15) is 35.5 Å². The van der Waals surface area contributed by atoms with Crippen LogP contribution in [0.15, 0.2) is 97.1 Å². The first-order chi connectivity index (χ1) is 18.4. The zero-order valence-corrected chi connectivity index (χ0v) is 22.5. The number of rotatable bonds is 7. The zero-order valence-electron chi connectivity index (χ0n) is 22.5. The molecule has 196 valence electrons. The van der Waals surface area contributed by atoms with Crippen LogP contribution in [0.2, 0.25) is 0 Å². The van der Waals surface area contributed by atoms with Gasteiger partial charge in [0.1, 0.15) is 0 Å². The van der Waals surface area contributed by atoms with Gasteiger partial charge in [-0.15, -0.1) is 0 Å². The number of aryl methyl sites for hydroxylation is 1. The Morgan fingerprint density at radius 2 is 1.50 bits per heavy atom. The molecule has 1 amide bonds. The number of carbonyl (C=O) groups excluding carboxylic acids is 1. The summed E-state index contributed by atoms with van der Waals surface area (Å²) in [6.45, 7) is 8.88. The van der Waals surface area contributed by atoms with Crippen molar-refractivity contribution in [3.8, 4) is 16.9 Å². The predicted molar refractivity (Wildman–Crippen MR) is 153 cm³/mol. The molecule has 2 atom stereocenters. The van der Waals surface area contributed by atoms with E-state index in [1.165, 1.54) is 5.56 Å². The average molecular weight is 508 g/mol. The Morgan fingerprint density at radius 3 is 2.13 bits per heavy atom. The first-order valence-corrected chi connectivity index (χ1v) is 13.5. The molecule has 38 heavy (non-hydrogen) atoms. The Kier molecular flexibility index (Phi) is 7.77. The van der Waals surface area contributed by atoms with Crippen LogP contribution in [0.25, 0.3) is 16.9 Å². The molecule has 0 bridgehead atoms. The standard InChI is InChI=1S/C33H37N3O2/c1-24(2)32(37)30-23-34(22-26-13-7-4-8-14-26)19-20-35(30)33(38)29-21-25(3)36(28-17-11-6-12-18-28)31(29)27-15-9-5-10-16-27/h4-18,21,24,30,32,37H,19-20,22-23H2,1-3H3/t30-,32?/m0/s1. The Bertz CT molecular complexity index is 1350. The van der Waals surface area contributed by atoms with Gasteiger partial charge in [0.25, 0.3) is 5.91 Å². The molecule has 1 aliphatic heterocycles. The molecule has 1 aromatic heterocycles. The van der Waals surface area contributed by atoms with Gasteiger partial charge in [0, 0.05) is 37.6 Å². The summed E-state index contributed by atoms with van der Waals surface area (Å²) >= 11 is 0. The monoisotopic (exact) mass is 507 g/mol. The number of aromatic nitrogens is 1. The van der Waals surface area contributed by atoms with Crippen molar-refractivity contribution >= 4 is 5.91 Å². The van der Waals surface area contributed by atoms with Gasteiger partial charge in [0.15, 0.2) is 0 Å². The van der Waals surface area contributed by atoms with Gasteiger partial charge in [-0.3, -0.25) is 9.69 Å². The lowest BCUT2D eigenvalue weighted by molar-refractivity contribution is -0.0191. The number of amides is 1. The smallest absolute Gasteiger partial charge is 0.256 e. The van der Waals surface area contributed by atoms with Crippen LogP contribution >= 0.6 is 0 Å². The maximum absolute atomic E-state index is 14.4. The summed E-state index contributed by atoms with van der Waals surface area (Å²) < 4.78 is 2.17. The fourth-order valence-corrected chi connectivity index (χ4v) is 5.59. The number of aliphatic hydroxyl groups is 1. The van der Waals surface area contributed by atoms with Gasteiger partial charge in [0.05, 0.1) is 23.4 Å². The van der Waals surface area contributed by atoms with E-state index in [1.54, 1.807) is 0 Å². The van der Waals surface area contributed by atoms with Gasteiger partial charge in [-0.1, -0.05) is 92.7 Å². The van der Waals surface area contributed by atoms with Gasteiger partial charge in [0.2, 0.25) is 0 Å². The van der Waals surface area contributed by atoms with E-state index >= 15 is 0 Å². The molecule has 0 spiro atoms. The van der Waals surface area contributed by atoms with Crippen LogP contribution in [0, 0.1) is 12.8 Å². The molecule has 1 saturated heterocycles. The summed E-state index contributed by atoms with van der Waals surface area (Å²) in [5.41, 5.74) is 5.83. The van der Waals surface area contributed by atoms with Crippen LogP contribution in [0.4, 0.5) is 0 Å². The van der Waals surface area contributed by atoms with E-state index in [-0.39, 0.29) is 17.9 Å². The maximum Gasteiger partial charge on any atom is 0.256 e. The number of hydrogen-bond acceptors (Lipinski definition) is 3. The number of hydrogen-bond donors (Lipinski definition) is 1. The maximum atomic E-state index is 14.4. The Hall–Kier alpha value is -3.67. The Balaban J connectivity index is 1.52. The average Bonchev–Trinajstić information content (AvgIpc) is 3.30. The van der Waals surface area contributed by atoms with Gasteiger partial charge in [-0.05, 0) is 42.2 Å². The van der Waals surface area contributed by atoms with Crippen LogP contribution in [0.5, 0.6) is 0 Å². The Morgan fingerprint density at radius 1 is 0.895 bits per heavy atom. The molecule has 5 rings (SSSR count). The lowest BCUT2D eigenvalue weighted by Crippen LogP contribution is -2.60. The molecule has 3 aromatic carbocycles. The summed E-state index contributed by atoms with van der Waals surface area (Å²) in [7, 11) is 0. The summed E-state index contributed by atoms with van der Waals surface area (Å²) in [5.74, 6) is 0.0157. The second-order valence-corrected chi connectivity index (χ2v) is 10.6. The molecular formula is C33H37N3O2. The molecule has 1 fully saturated rings. The SMILES string of the molecule is Cc1cc(C(=O)N2CCN(Cc3ccccc3)C[C@H]2C(O)C(C)C)c(-c2ccccc2)n1-c1ccccc1. The molecule has 1 unspecified atom stereocenters. The van der Waals surface area contributed by atoms with E-state index in [2.05, 4.69) is 64.9 Å². The second-order valence-electron chi connectivity index (χ2n) is 10.6. The summed E-state index contributed by atoms with van der Waals surface area (Å²) in [5, 5.41) is 11.3. The van der Waals surface area contributed by atoms with E-state index in [9.17, 15) is 9.90 Å². The number of nitrogens with zero attached hydrogens (tertiary/aromatic N) is 3. The van der Waals surface area contributed by atoms with Crippen LogP contribution in [0.3, 0.4) is 0 Å². The van der Waals surface area contributed by atoms with Crippen molar-refractivity contribution in [3.63, 3.8) is 0 Å². The van der Waals surface area contributed by atoms with Crippen LogP contribution < -0.4 is 0 Å². The molecule has 0 saturated carbocycles. The molecule has 1 aliphatic rings. The first kappa shape index (κ1) is 26.0. The normalized spacial score (nSPS) is 17.1. The highest BCUT2D eigenvalue weighted by molar-refractivity contribution is 6.01. The number of benzene rings is 3. The fourth-order valence-electron chi connectivity index (χ4n) is 5.59. The molecule has 0 aliphatic carbocycles. The van der Waals surface area contributed by atoms with E-state index in [4.69, 9.17) is 0 Å². The third kappa shape index (κ3) is 5.31. The van der Waals surface area contributed by atoms with Crippen molar-refractivity contribution in [1.82, 2.24) is 14.4 Å². The lowest BCUT2D eigenvalue weighted by atomic mass is 9.95. The van der Waals surface area contributed by atoms with Crippen LogP contribution in [-0.2, 0) is 6.54 Å². The quantitative estimate of drug-likeness (QED) is 0.344. The van der Waals surface area contributed by atoms with E-state index in [0.29, 0.717) is 18.7 Å². The largest absolute Gasteiger partial charge is 0.391 e.